The largest absolute Gasteiger partial charge is 0.376 e. The zero-order chi connectivity index (χ0) is 52.8. The molecule has 0 radical (unpaired) electrons. The molecule has 0 heterocycles. The molecular formula is C74H50Br3ClO. The van der Waals surface area contributed by atoms with Crippen LogP contribution >= 0.6 is 60.2 Å². The number of halogens is 4. The lowest BCUT2D eigenvalue weighted by molar-refractivity contribution is 0.128. The molecule has 1 atom stereocenters. The maximum absolute atomic E-state index is 12.9. The van der Waals surface area contributed by atoms with E-state index in [0.29, 0.717) is 0 Å². The Balaban J connectivity index is 0.000000128. The molecule has 0 saturated carbocycles. The monoisotopic (exact) mass is 1230 g/mol. The first-order valence-corrected chi connectivity index (χ1v) is 28.6. The van der Waals surface area contributed by atoms with E-state index < -0.39 is 5.60 Å². The molecule has 12 aromatic rings. The summed E-state index contributed by atoms with van der Waals surface area (Å²) in [6.45, 7) is 0. The Morgan fingerprint density at radius 1 is 0.228 bits per heavy atom. The van der Waals surface area contributed by atoms with Crippen molar-refractivity contribution in [1.82, 2.24) is 0 Å². The van der Waals surface area contributed by atoms with Crippen molar-refractivity contribution in [2.45, 2.75) is 11.0 Å². The molecule has 1 nitrogen and oxygen atoms in total. The van der Waals surface area contributed by atoms with Crippen molar-refractivity contribution in [3.63, 3.8) is 0 Å². The van der Waals surface area contributed by atoms with Gasteiger partial charge in [-0.25, -0.2) is 0 Å². The van der Waals surface area contributed by atoms with Gasteiger partial charge < -0.3 is 5.11 Å². The first-order chi connectivity index (χ1) is 38.4. The zero-order valence-corrected chi connectivity index (χ0v) is 48.3. The van der Waals surface area contributed by atoms with E-state index in [1.54, 1.807) is 0 Å². The molecule has 5 heteroatoms. The molecule has 1 spiro atoms. The fourth-order valence-corrected chi connectivity index (χ4v) is 13.7. The molecule has 0 aliphatic heterocycles. The van der Waals surface area contributed by atoms with Gasteiger partial charge in [0.15, 0.2) is 0 Å². The predicted molar refractivity (Wildman–Crippen MR) is 342 cm³/mol. The minimum Gasteiger partial charge on any atom is -0.376 e. The fourth-order valence-electron chi connectivity index (χ4n) is 12.5. The highest BCUT2D eigenvalue weighted by Gasteiger charge is 2.49. The highest BCUT2D eigenvalue weighted by atomic mass is 79.9. The SMILES string of the molecule is Brc1ccc2c(c1)-c1ccccc1-c1ccccc1C21c2ccccc2-c2ccccc21.Brc1ccccc1-c1ccccc1.Cl.OC1(c2ccccc2-c2ccccc2)c2ccccc2-c2ccccc2-c2cc(Br)ccc21. The van der Waals surface area contributed by atoms with E-state index >= 15 is 0 Å². The van der Waals surface area contributed by atoms with Crippen LogP contribution < -0.4 is 0 Å². The maximum Gasteiger partial charge on any atom is 0.142 e. The average molecular weight is 1230 g/mol. The molecule has 1 unspecified atom stereocenters. The highest BCUT2D eigenvalue weighted by molar-refractivity contribution is 9.11. The normalized spacial score (nSPS) is 14.1. The van der Waals surface area contributed by atoms with Crippen LogP contribution in [-0.4, -0.2) is 5.11 Å². The summed E-state index contributed by atoms with van der Waals surface area (Å²) in [5.41, 5.74) is 23.1. The van der Waals surface area contributed by atoms with Crippen LogP contribution in [0.5, 0.6) is 0 Å². The summed E-state index contributed by atoms with van der Waals surface area (Å²) in [5, 5.41) is 12.9. The molecule has 0 fully saturated rings. The van der Waals surface area contributed by atoms with Gasteiger partial charge in [-0.15, -0.1) is 12.4 Å². The van der Waals surface area contributed by atoms with E-state index in [0.717, 1.165) is 63.5 Å². The Bertz CT molecular complexity index is 4180. The van der Waals surface area contributed by atoms with Gasteiger partial charge in [0.1, 0.15) is 5.60 Å². The molecule has 79 heavy (non-hydrogen) atoms. The third kappa shape index (κ3) is 8.88. The number of fused-ring (bicyclic) bond motifs is 17. The van der Waals surface area contributed by atoms with Crippen molar-refractivity contribution < 1.29 is 5.11 Å². The smallest absolute Gasteiger partial charge is 0.142 e. The molecule has 12 aromatic carbocycles. The van der Waals surface area contributed by atoms with Crippen molar-refractivity contribution in [2.24, 2.45) is 0 Å². The molecule has 380 valence electrons. The molecule has 3 aliphatic carbocycles. The molecule has 0 amide bonds. The molecule has 0 aromatic heterocycles. The topological polar surface area (TPSA) is 20.2 Å². The second-order valence-corrected chi connectivity index (χ2v) is 22.6. The molecular weight excluding hydrogens is 1180 g/mol. The molecule has 0 bridgehead atoms. The Hall–Kier alpha value is -7.67. The summed E-state index contributed by atoms with van der Waals surface area (Å²) in [4.78, 5) is 0. The van der Waals surface area contributed by atoms with Gasteiger partial charge in [0.25, 0.3) is 0 Å². The third-order valence-electron chi connectivity index (χ3n) is 15.7. The summed E-state index contributed by atoms with van der Waals surface area (Å²) in [5.74, 6) is 0. The number of aliphatic hydroxyl groups is 1. The third-order valence-corrected chi connectivity index (χ3v) is 17.4. The lowest BCUT2D eigenvalue weighted by Crippen LogP contribution is -2.30. The first kappa shape index (κ1) is 52.1. The molecule has 0 saturated heterocycles. The summed E-state index contributed by atoms with van der Waals surface area (Å²) in [7, 11) is 0. The van der Waals surface area contributed by atoms with Crippen LogP contribution in [0.2, 0.25) is 0 Å². The minimum absolute atomic E-state index is 0. The van der Waals surface area contributed by atoms with Crippen LogP contribution in [-0.2, 0) is 11.0 Å². The summed E-state index contributed by atoms with van der Waals surface area (Å²) in [6, 6.07) is 103. The minimum atomic E-state index is -1.34. The van der Waals surface area contributed by atoms with Gasteiger partial charge in [0.2, 0.25) is 0 Å². The Morgan fingerprint density at radius 2 is 0.494 bits per heavy atom. The van der Waals surface area contributed by atoms with E-state index in [-0.39, 0.29) is 17.8 Å². The molecule has 15 rings (SSSR count). The van der Waals surface area contributed by atoms with Gasteiger partial charge >= 0.3 is 0 Å². The average Bonchev–Trinajstić information content (AvgIpc) is 3.27. The van der Waals surface area contributed by atoms with Crippen LogP contribution in [0.4, 0.5) is 0 Å². The molecule has 3 aliphatic rings. The lowest BCUT2D eigenvalue weighted by Gasteiger charge is -2.35. The summed E-state index contributed by atoms with van der Waals surface area (Å²) >= 11 is 11.0. The van der Waals surface area contributed by atoms with Crippen molar-refractivity contribution in [3.05, 3.63) is 344 Å². The second kappa shape index (κ2) is 21.9. The van der Waals surface area contributed by atoms with E-state index in [1.165, 1.54) is 66.8 Å². The number of hydrogen-bond acceptors (Lipinski definition) is 1. The first-order valence-electron chi connectivity index (χ1n) is 26.2. The summed E-state index contributed by atoms with van der Waals surface area (Å²) in [6.07, 6.45) is 0. The van der Waals surface area contributed by atoms with E-state index in [4.69, 9.17) is 0 Å². The number of benzene rings is 12. The van der Waals surface area contributed by atoms with Gasteiger partial charge in [-0.05, 0) is 130 Å². The van der Waals surface area contributed by atoms with Crippen molar-refractivity contribution in [2.75, 3.05) is 0 Å². The van der Waals surface area contributed by atoms with Gasteiger partial charge in [0, 0.05) is 30.1 Å². The van der Waals surface area contributed by atoms with Crippen molar-refractivity contribution in [3.8, 4) is 77.9 Å². The second-order valence-electron chi connectivity index (χ2n) is 19.9. The van der Waals surface area contributed by atoms with Crippen molar-refractivity contribution in [1.29, 1.82) is 0 Å². The van der Waals surface area contributed by atoms with Gasteiger partial charge in [-0.3, -0.25) is 0 Å². The van der Waals surface area contributed by atoms with Gasteiger partial charge in [-0.1, -0.05) is 309 Å². The quantitative estimate of drug-likeness (QED) is 0.187. The Labute approximate surface area is 493 Å². The number of hydrogen-bond donors (Lipinski definition) is 1. The van der Waals surface area contributed by atoms with Crippen molar-refractivity contribution >= 4 is 60.2 Å². The van der Waals surface area contributed by atoms with E-state index in [2.05, 4.69) is 272 Å². The predicted octanol–water partition coefficient (Wildman–Crippen LogP) is 21.0. The van der Waals surface area contributed by atoms with Crippen LogP contribution in [0.1, 0.15) is 38.9 Å². The maximum atomic E-state index is 12.9. The summed E-state index contributed by atoms with van der Waals surface area (Å²) < 4.78 is 3.23. The number of rotatable bonds is 3. The van der Waals surface area contributed by atoms with Gasteiger partial charge in [-0.2, -0.15) is 0 Å². The zero-order valence-electron chi connectivity index (χ0n) is 42.7. The Kier molecular flexibility index (Phi) is 14.4. The van der Waals surface area contributed by atoms with Gasteiger partial charge in [0.05, 0.1) is 5.41 Å². The van der Waals surface area contributed by atoms with Crippen LogP contribution in [0, 0.1) is 0 Å². The van der Waals surface area contributed by atoms with Crippen LogP contribution in [0.25, 0.3) is 77.9 Å². The Morgan fingerprint density at radius 3 is 0.949 bits per heavy atom. The fraction of sp³-hybridized carbons (Fsp3) is 0.0270. The van der Waals surface area contributed by atoms with Crippen LogP contribution in [0.3, 0.4) is 0 Å². The highest BCUT2D eigenvalue weighted by Crippen LogP contribution is 2.61. The molecule has 1 N–H and O–H groups in total. The van der Waals surface area contributed by atoms with Crippen LogP contribution in [0.15, 0.2) is 305 Å². The van der Waals surface area contributed by atoms with E-state index in [1.807, 2.05) is 66.7 Å². The standard InChI is InChI=1S/C31H21BrO.C31H19Br.C12H9Br.ClH/c32-22-18-19-30-27(20-22)25-14-5-4-13-24(25)26-15-7-9-17-29(26)31(30,33)28-16-8-6-12-23(28)21-10-2-1-3-11-21;32-20-17-18-30-26(19-20)22-10-2-1-9-21(22)23-11-3-6-14-27(23)31(30)28-15-7-4-12-24(28)25-13-5-8-16-29(25)31;13-12-9-5-4-8-11(12)10-6-2-1-3-7-10;/h1-20,33H;1-19H;1-9H;1H. The lowest BCUT2D eigenvalue weighted by atomic mass is 9.66. The van der Waals surface area contributed by atoms with E-state index in [9.17, 15) is 5.11 Å².